The van der Waals surface area contributed by atoms with Crippen LogP contribution < -0.4 is 10.6 Å². The van der Waals surface area contributed by atoms with Crippen LogP contribution in [-0.4, -0.2) is 46.4 Å². The fourth-order valence-electron chi connectivity index (χ4n) is 3.91. The number of carboxylic acid groups (broad SMARTS) is 2. The molecule has 0 aliphatic rings. The first-order chi connectivity index (χ1) is 21.3. The maximum atomic E-state index is 11.7. The van der Waals surface area contributed by atoms with E-state index in [1.165, 1.54) is 0 Å². The van der Waals surface area contributed by atoms with Crippen molar-refractivity contribution >= 4 is 24.1 Å². The van der Waals surface area contributed by atoms with Gasteiger partial charge in [-0.3, -0.25) is 0 Å². The van der Waals surface area contributed by atoms with Crippen molar-refractivity contribution in [3.8, 4) is 0 Å². The Labute approximate surface area is 255 Å². The molecule has 0 saturated carbocycles. The molecule has 10 heteroatoms. The number of nitrogens with one attached hydrogen (secondary N) is 2. The molecule has 0 spiro atoms. The van der Waals surface area contributed by atoms with Gasteiger partial charge in [0.15, 0.2) is 0 Å². The number of aliphatic carboxylic acids is 2. The molecular weight excluding hydrogens is 564 g/mol. The quantitative estimate of drug-likeness (QED) is 0.173. The minimum absolute atomic E-state index is 0.102. The molecule has 0 radical (unpaired) electrons. The number of ether oxygens (including phenoxy) is 2. The minimum atomic E-state index is -1.10. The van der Waals surface area contributed by atoms with E-state index in [4.69, 9.17) is 9.47 Å². The first-order valence-corrected chi connectivity index (χ1v) is 13.8. The number of carbonyl (C=O) groups is 4. The van der Waals surface area contributed by atoms with Gasteiger partial charge in [0, 0.05) is 12.8 Å². The van der Waals surface area contributed by atoms with E-state index in [2.05, 4.69) is 10.6 Å². The van der Waals surface area contributed by atoms with Gasteiger partial charge >= 0.3 is 24.1 Å². The Bertz CT molecular complexity index is 1340. The molecule has 0 aliphatic heterocycles. The molecule has 0 fully saturated rings. The van der Waals surface area contributed by atoms with Crippen LogP contribution in [0.3, 0.4) is 0 Å². The maximum absolute atomic E-state index is 11.7. The zero-order valence-corrected chi connectivity index (χ0v) is 23.9. The monoisotopic (exact) mass is 598 g/mol. The summed E-state index contributed by atoms with van der Waals surface area (Å²) in [6.07, 6.45) is -1.08. The number of benzene rings is 4. The smallest absolute Gasteiger partial charge is 0.408 e. The number of rotatable bonds is 12. The highest BCUT2D eigenvalue weighted by Gasteiger charge is 2.22. The summed E-state index contributed by atoms with van der Waals surface area (Å²) in [6, 6.07) is 34.6. The Hall–Kier alpha value is -5.64. The zero-order valence-electron chi connectivity index (χ0n) is 23.9. The second-order valence-corrected chi connectivity index (χ2v) is 9.57. The fraction of sp³-hybridized carbons (Fsp3) is 0.176. The van der Waals surface area contributed by atoms with Crippen LogP contribution in [0.2, 0.25) is 0 Å². The summed E-state index contributed by atoms with van der Waals surface area (Å²) in [5.74, 6) is -2.19. The highest BCUT2D eigenvalue weighted by molar-refractivity contribution is 5.80. The van der Waals surface area contributed by atoms with Crippen LogP contribution in [0.15, 0.2) is 121 Å². The normalized spacial score (nSPS) is 11.5. The Morgan fingerprint density at radius 2 is 0.750 bits per heavy atom. The second kappa shape index (κ2) is 18.0. The van der Waals surface area contributed by atoms with E-state index in [9.17, 15) is 29.4 Å². The van der Waals surface area contributed by atoms with Crippen LogP contribution in [-0.2, 0) is 45.1 Å². The lowest BCUT2D eigenvalue weighted by atomic mass is 10.1. The first-order valence-electron chi connectivity index (χ1n) is 13.8. The predicted molar refractivity (Wildman–Crippen MR) is 163 cm³/mol. The summed E-state index contributed by atoms with van der Waals surface area (Å²) >= 11 is 0. The molecule has 0 aromatic heterocycles. The summed E-state index contributed by atoms with van der Waals surface area (Å²) in [5, 5.41) is 23.1. The van der Waals surface area contributed by atoms with Crippen molar-refractivity contribution in [3.05, 3.63) is 144 Å². The van der Waals surface area contributed by atoms with Gasteiger partial charge in [-0.15, -0.1) is 0 Å². The fourth-order valence-corrected chi connectivity index (χ4v) is 3.91. The highest BCUT2D eigenvalue weighted by atomic mass is 16.6. The van der Waals surface area contributed by atoms with Gasteiger partial charge in [-0.1, -0.05) is 121 Å². The molecule has 4 N–H and O–H groups in total. The van der Waals surface area contributed by atoms with Crippen molar-refractivity contribution in [2.75, 3.05) is 0 Å². The lowest BCUT2D eigenvalue weighted by Gasteiger charge is -2.14. The molecule has 228 valence electrons. The van der Waals surface area contributed by atoms with Crippen molar-refractivity contribution in [3.63, 3.8) is 0 Å². The molecule has 10 nitrogen and oxygen atoms in total. The largest absolute Gasteiger partial charge is 0.480 e. The summed E-state index contributed by atoms with van der Waals surface area (Å²) in [5.41, 5.74) is 3.34. The van der Waals surface area contributed by atoms with Gasteiger partial charge in [0.2, 0.25) is 0 Å². The molecule has 4 aromatic rings. The van der Waals surface area contributed by atoms with Crippen LogP contribution in [0.5, 0.6) is 0 Å². The predicted octanol–water partition coefficient (Wildman–Crippen LogP) is 5.22. The van der Waals surface area contributed by atoms with E-state index in [0.29, 0.717) is 0 Å². The van der Waals surface area contributed by atoms with Crippen LogP contribution in [0.25, 0.3) is 0 Å². The molecule has 0 aliphatic carbocycles. The summed E-state index contributed by atoms with van der Waals surface area (Å²) < 4.78 is 10.1. The van der Waals surface area contributed by atoms with Gasteiger partial charge in [-0.05, 0) is 22.3 Å². The van der Waals surface area contributed by atoms with Crippen LogP contribution in [0, 0.1) is 0 Å². The van der Waals surface area contributed by atoms with E-state index >= 15 is 0 Å². The number of alkyl carbamates (subject to hydrolysis) is 2. The molecule has 2 unspecified atom stereocenters. The number of hydrogen-bond donors (Lipinski definition) is 4. The summed E-state index contributed by atoms with van der Waals surface area (Å²) in [7, 11) is 0. The van der Waals surface area contributed by atoms with Crippen molar-refractivity contribution < 1.29 is 38.9 Å². The van der Waals surface area contributed by atoms with Gasteiger partial charge in [-0.2, -0.15) is 0 Å². The number of carboxylic acids is 2. The molecule has 4 aromatic carbocycles. The standard InChI is InChI=1S/2C17H17NO4/c2*19-16(20)15(11-13-7-3-1-4-8-13)18-17(21)22-12-14-9-5-2-6-10-14/h2*1-10,15H,11-12H2,(H,18,21)(H,19,20). The molecular formula is C34H34N2O8. The third kappa shape index (κ3) is 12.5. The number of amides is 2. The number of carbonyl (C=O) groups excluding carboxylic acids is 2. The molecule has 0 bridgehead atoms. The van der Waals surface area contributed by atoms with Gasteiger partial charge < -0.3 is 30.3 Å². The molecule has 4 rings (SSSR count). The van der Waals surface area contributed by atoms with Gasteiger partial charge in [0.05, 0.1) is 0 Å². The molecule has 0 saturated heterocycles. The molecule has 0 heterocycles. The first kappa shape index (κ1) is 32.9. The van der Waals surface area contributed by atoms with Crippen molar-refractivity contribution in [1.82, 2.24) is 10.6 Å². The van der Waals surface area contributed by atoms with E-state index in [0.717, 1.165) is 22.3 Å². The van der Waals surface area contributed by atoms with Crippen molar-refractivity contribution in [2.45, 2.75) is 38.1 Å². The van der Waals surface area contributed by atoms with E-state index < -0.39 is 36.2 Å². The van der Waals surface area contributed by atoms with Crippen LogP contribution >= 0.6 is 0 Å². The van der Waals surface area contributed by atoms with Gasteiger partial charge in [-0.25, -0.2) is 19.2 Å². The van der Waals surface area contributed by atoms with Crippen LogP contribution in [0.1, 0.15) is 22.3 Å². The van der Waals surface area contributed by atoms with Crippen molar-refractivity contribution in [1.29, 1.82) is 0 Å². The van der Waals surface area contributed by atoms with Gasteiger partial charge in [0.25, 0.3) is 0 Å². The summed E-state index contributed by atoms with van der Waals surface area (Å²) in [6.45, 7) is 0.203. The average Bonchev–Trinajstić information content (AvgIpc) is 3.04. The third-order valence-electron chi connectivity index (χ3n) is 6.17. The molecule has 44 heavy (non-hydrogen) atoms. The lowest BCUT2D eigenvalue weighted by molar-refractivity contribution is -0.140. The summed E-state index contributed by atoms with van der Waals surface area (Å²) in [4.78, 5) is 45.9. The third-order valence-corrected chi connectivity index (χ3v) is 6.17. The van der Waals surface area contributed by atoms with Crippen molar-refractivity contribution in [2.24, 2.45) is 0 Å². The lowest BCUT2D eigenvalue weighted by Crippen LogP contribution is -2.42. The Morgan fingerprint density at radius 3 is 1.02 bits per heavy atom. The minimum Gasteiger partial charge on any atom is -0.480 e. The topological polar surface area (TPSA) is 151 Å². The van der Waals surface area contributed by atoms with E-state index in [1.807, 2.05) is 121 Å². The van der Waals surface area contributed by atoms with Gasteiger partial charge in [0.1, 0.15) is 25.3 Å². The molecule has 2 amide bonds. The second-order valence-electron chi connectivity index (χ2n) is 9.57. The van der Waals surface area contributed by atoms with Crippen LogP contribution in [0.4, 0.5) is 9.59 Å². The molecule has 2 atom stereocenters. The van der Waals surface area contributed by atoms with E-state index in [-0.39, 0.29) is 26.1 Å². The Balaban J connectivity index is 0.000000240. The average molecular weight is 599 g/mol. The van der Waals surface area contributed by atoms with E-state index in [1.54, 1.807) is 0 Å². The Morgan fingerprint density at radius 1 is 0.477 bits per heavy atom. The Kier molecular flexibility index (Phi) is 13.5. The maximum Gasteiger partial charge on any atom is 0.408 e. The SMILES string of the molecule is O=C(NC(Cc1ccccc1)C(=O)O)OCc1ccccc1.O=C(NC(Cc1ccccc1)C(=O)O)OCc1ccccc1. The highest BCUT2D eigenvalue weighted by Crippen LogP contribution is 2.07. The number of hydrogen-bond acceptors (Lipinski definition) is 6. The zero-order chi connectivity index (χ0) is 31.6.